The first-order valence-corrected chi connectivity index (χ1v) is 8.77. The Hall–Kier alpha value is -2.99. The molecule has 4 rings (SSSR count). The van der Waals surface area contributed by atoms with Gasteiger partial charge in [-0.25, -0.2) is 9.67 Å². The number of pyridine rings is 1. The van der Waals surface area contributed by atoms with Crippen LogP contribution in [0.25, 0.3) is 5.82 Å². The number of hydrogen-bond donors (Lipinski definition) is 1. The van der Waals surface area contributed by atoms with Crippen molar-refractivity contribution >= 4 is 5.91 Å². The Labute approximate surface area is 152 Å². The molecule has 0 unspecified atom stereocenters. The van der Waals surface area contributed by atoms with Crippen molar-refractivity contribution in [1.82, 2.24) is 19.7 Å². The van der Waals surface area contributed by atoms with Crippen molar-refractivity contribution in [2.24, 2.45) is 11.7 Å². The lowest BCUT2D eigenvalue weighted by Crippen LogP contribution is -2.30. The zero-order valence-corrected chi connectivity index (χ0v) is 14.4. The van der Waals surface area contributed by atoms with E-state index in [0.29, 0.717) is 31.1 Å². The van der Waals surface area contributed by atoms with E-state index in [9.17, 15) is 4.79 Å². The predicted octanol–water partition coefficient (Wildman–Crippen LogP) is 2.08. The minimum atomic E-state index is -0.0594. The summed E-state index contributed by atoms with van der Waals surface area (Å²) >= 11 is 0. The monoisotopic (exact) mass is 347 g/mol. The Morgan fingerprint density at radius 1 is 1.08 bits per heavy atom. The summed E-state index contributed by atoms with van der Waals surface area (Å²) in [4.78, 5) is 19.4. The summed E-state index contributed by atoms with van der Waals surface area (Å²) in [6, 6.07) is 17.5. The predicted molar refractivity (Wildman–Crippen MR) is 99.0 cm³/mol. The lowest BCUT2D eigenvalue weighted by atomic mass is 9.89. The molecule has 6 heteroatoms. The summed E-state index contributed by atoms with van der Waals surface area (Å²) in [5.41, 5.74) is 7.65. The Kier molecular flexibility index (Phi) is 4.50. The molecule has 1 aliphatic heterocycles. The summed E-state index contributed by atoms with van der Waals surface area (Å²) in [6.07, 6.45) is 3.50. The average molecular weight is 347 g/mol. The zero-order chi connectivity index (χ0) is 17.9. The van der Waals surface area contributed by atoms with E-state index in [-0.39, 0.29) is 17.7 Å². The van der Waals surface area contributed by atoms with Crippen molar-refractivity contribution in [3.8, 4) is 5.82 Å². The highest BCUT2D eigenvalue weighted by atomic mass is 16.2. The van der Waals surface area contributed by atoms with Gasteiger partial charge in [-0.2, -0.15) is 5.10 Å². The minimum absolute atomic E-state index is 0.0594. The first-order chi connectivity index (χ1) is 12.8. The molecule has 0 aliphatic carbocycles. The second-order valence-corrected chi connectivity index (χ2v) is 6.55. The number of hydrogen-bond acceptors (Lipinski definition) is 4. The number of carbonyl (C=O) groups is 1. The van der Waals surface area contributed by atoms with E-state index in [1.165, 1.54) is 5.56 Å². The van der Waals surface area contributed by atoms with Gasteiger partial charge >= 0.3 is 0 Å². The van der Waals surface area contributed by atoms with Crippen LogP contribution in [-0.2, 0) is 0 Å². The molecule has 3 aromatic rings. The van der Waals surface area contributed by atoms with E-state index in [1.807, 2.05) is 47.5 Å². The molecule has 1 aliphatic rings. The quantitative estimate of drug-likeness (QED) is 0.784. The summed E-state index contributed by atoms with van der Waals surface area (Å²) in [5.74, 6) is 1.10. The molecule has 0 saturated carbocycles. The highest BCUT2D eigenvalue weighted by Crippen LogP contribution is 2.32. The largest absolute Gasteiger partial charge is 0.336 e. The molecule has 0 radical (unpaired) electrons. The second-order valence-electron chi connectivity index (χ2n) is 6.55. The third-order valence-electron chi connectivity index (χ3n) is 4.95. The van der Waals surface area contributed by atoms with Crippen molar-refractivity contribution in [2.45, 2.75) is 5.92 Å². The van der Waals surface area contributed by atoms with E-state index in [1.54, 1.807) is 16.9 Å². The van der Waals surface area contributed by atoms with Gasteiger partial charge in [0.05, 0.1) is 0 Å². The molecule has 1 saturated heterocycles. The number of aromatic nitrogens is 3. The molecule has 26 heavy (non-hydrogen) atoms. The molecule has 3 heterocycles. The number of rotatable bonds is 4. The Morgan fingerprint density at radius 3 is 2.65 bits per heavy atom. The fourth-order valence-electron chi connectivity index (χ4n) is 3.59. The molecule has 2 aromatic heterocycles. The topological polar surface area (TPSA) is 77.0 Å². The Balaban J connectivity index is 1.56. The third-order valence-corrected chi connectivity index (χ3v) is 4.95. The van der Waals surface area contributed by atoms with Crippen LogP contribution in [-0.4, -0.2) is 45.2 Å². The highest BCUT2D eigenvalue weighted by molar-refractivity contribution is 5.92. The van der Waals surface area contributed by atoms with Gasteiger partial charge in [-0.1, -0.05) is 36.4 Å². The molecular formula is C20H21N5O. The molecule has 6 nitrogen and oxygen atoms in total. The maximum absolute atomic E-state index is 13.0. The van der Waals surface area contributed by atoms with Crippen LogP contribution >= 0.6 is 0 Å². The van der Waals surface area contributed by atoms with Gasteiger partial charge in [0.2, 0.25) is 0 Å². The maximum Gasteiger partial charge on any atom is 0.272 e. The summed E-state index contributed by atoms with van der Waals surface area (Å²) in [7, 11) is 0. The normalized spacial score (nSPS) is 19.7. The lowest BCUT2D eigenvalue weighted by Gasteiger charge is -2.16. The van der Waals surface area contributed by atoms with Gasteiger partial charge in [-0.3, -0.25) is 4.79 Å². The number of nitrogens with two attached hydrogens (primary N) is 1. The molecule has 1 fully saturated rings. The number of likely N-dealkylation sites (tertiary alicyclic amines) is 1. The fourth-order valence-corrected chi connectivity index (χ4v) is 3.59. The lowest BCUT2D eigenvalue weighted by molar-refractivity contribution is 0.0780. The van der Waals surface area contributed by atoms with Crippen LogP contribution in [0.5, 0.6) is 0 Å². The molecule has 132 valence electrons. The zero-order valence-electron chi connectivity index (χ0n) is 14.4. The van der Waals surface area contributed by atoms with Crippen LogP contribution in [0, 0.1) is 5.92 Å². The maximum atomic E-state index is 13.0. The van der Waals surface area contributed by atoms with Gasteiger partial charge in [-0.05, 0) is 36.2 Å². The van der Waals surface area contributed by atoms with Crippen LogP contribution < -0.4 is 5.73 Å². The average Bonchev–Trinajstić information content (AvgIpc) is 3.38. The van der Waals surface area contributed by atoms with Crippen LogP contribution in [0.2, 0.25) is 0 Å². The number of amides is 1. The minimum Gasteiger partial charge on any atom is -0.336 e. The van der Waals surface area contributed by atoms with E-state index in [2.05, 4.69) is 22.2 Å². The van der Waals surface area contributed by atoms with Crippen LogP contribution in [0.4, 0.5) is 0 Å². The van der Waals surface area contributed by atoms with Gasteiger partial charge < -0.3 is 10.6 Å². The first kappa shape index (κ1) is 16.5. The van der Waals surface area contributed by atoms with Gasteiger partial charge in [0.15, 0.2) is 5.82 Å². The van der Waals surface area contributed by atoms with E-state index in [4.69, 9.17) is 5.73 Å². The van der Waals surface area contributed by atoms with E-state index in [0.717, 1.165) is 0 Å². The van der Waals surface area contributed by atoms with Crippen LogP contribution in [0.3, 0.4) is 0 Å². The second kappa shape index (κ2) is 7.09. The smallest absolute Gasteiger partial charge is 0.272 e. The van der Waals surface area contributed by atoms with Gasteiger partial charge in [0.25, 0.3) is 5.91 Å². The standard InChI is InChI=1S/C20H21N5O/c21-12-16-13-24(14-17(16)15-6-2-1-3-7-15)20(26)18-8-4-9-19(23-18)25-11-5-10-22-25/h1-11,16-17H,12-14,21H2/t16-,17+/m1/s1. The van der Waals surface area contributed by atoms with Gasteiger partial charge in [-0.15, -0.1) is 0 Å². The number of nitrogens with zero attached hydrogens (tertiary/aromatic N) is 4. The molecule has 2 N–H and O–H groups in total. The van der Waals surface area contributed by atoms with Gasteiger partial charge in [0.1, 0.15) is 5.69 Å². The summed E-state index contributed by atoms with van der Waals surface area (Å²) in [5, 5.41) is 4.17. The fraction of sp³-hybridized carbons (Fsp3) is 0.250. The van der Waals surface area contributed by atoms with Crippen molar-refractivity contribution in [1.29, 1.82) is 0 Å². The van der Waals surface area contributed by atoms with Crippen LogP contribution in [0.15, 0.2) is 67.0 Å². The van der Waals surface area contributed by atoms with Crippen molar-refractivity contribution in [3.63, 3.8) is 0 Å². The number of benzene rings is 1. The third kappa shape index (κ3) is 3.11. The van der Waals surface area contributed by atoms with Gasteiger partial charge in [0, 0.05) is 31.4 Å². The van der Waals surface area contributed by atoms with Crippen molar-refractivity contribution in [3.05, 3.63) is 78.2 Å². The SMILES string of the molecule is NC[C@@H]1CN(C(=O)c2cccc(-n3cccn3)n2)C[C@H]1c1ccccc1. The Morgan fingerprint density at radius 2 is 1.92 bits per heavy atom. The molecule has 0 bridgehead atoms. The first-order valence-electron chi connectivity index (χ1n) is 8.77. The summed E-state index contributed by atoms with van der Waals surface area (Å²) in [6.45, 7) is 1.88. The van der Waals surface area contributed by atoms with E-state index >= 15 is 0 Å². The van der Waals surface area contributed by atoms with E-state index < -0.39 is 0 Å². The van der Waals surface area contributed by atoms with Crippen molar-refractivity contribution in [2.75, 3.05) is 19.6 Å². The molecule has 0 spiro atoms. The number of carbonyl (C=O) groups excluding carboxylic acids is 1. The highest BCUT2D eigenvalue weighted by Gasteiger charge is 2.35. The van der Waals surface area contributed by atoms with Crippen molar-refractivity contribution < 1.29 is 4.79 Å². The Bertz CT molecular complexity index is 878. The molecule has 1 aromatic carbocycles. The molecule has 2 atom stereocenters. The summed E-state index contributed by atoms with van der Waals surface area (Å²) < 4.78 is 1.65. The van der Waals surface area contributed by atoms with Crippen LogP contribution in [0.1, 0.15) is 22.0 Å². The molecular weight excluding hydrogens is 326 g/mol. The molecule has 1 amide bonds.